The van der Waals surface area contributed by atoms with Gasteiger partial charge in [-0.1, -0.05) is 0 Å². The molecule has 1 atom stereocenters. The zero-order valence-corrected chi connectivity index (χ0v) is 16.7. The van der Waals surface area contributed by atoms with Crippen LogP contribution in [-0.2, 0) is 5.54 Å². The Labute approximate surface area is 173 Å². The monoisotopic (exact) mass is 407 g/mol. The third-order valence-electron chi connectivity index (χ3n) is 6.81. The van der Waals surface area contributed by atoms with Gasteiger partial charge in [-0.2, -0.15) is 5.10 Å². The fourth-order valence-electron chi connectivity index (χ4n) is 4.93. The van der Waals surface area contributed by atoms with E-state index in [0.29, 0.717) is 30.1 Å². The lowest BCUT2D eigenvalue weighted by Gasteiger charge is -2.31. The van der Waals surface area contributed by atoms with Gasteiger partial charge in [-0.25, -0.2) is 13.9 Å². The predicted octanol–water partition coefficient (Wildman–Crippen LogP) is 2.99. The molecule has 154 valence electrons. The lowest BCUT2D eigenvalue weighted by molar-refractivity contribution is 0.0692. The topological polar surface area (TPSA) is 63.0 Å². The third kappa shape index (κ3) is 2.45. The summed E-state index contributed by atoms with van der Waals surface area (Å²) in [4.78, 5) is 22.1. The molecule has 3 aromatic rings. The molecular formula is C22H22FN5O2. The Bertz CT molecular complexity index is 1170. The summed E-state index contributed by atoms with van der Waals surface area (Å²) in [6.07, 6.45) is 7.01. The van der Waals surface area contributed by atoms with E-state index < -0.39 is 0 Å². The van der Waals surface area contributed by atoms with Crippen molar-refractivity contribution in [3.63, 3.8) is 0 Å². The second kappa shape index (κ2) is 6.17. The Kier molecular flexibility index (Phi) is 3.63. The first-order valence-corrected chi connectivity index (χ1v) is 10.4. The third-order valence-corrected chi connectivity index (χ3v) is 6.81. The molecule has 2 aromatic heterocycles. The van der Waals surface area contributed by atoms with Crippen molar-refractivity contribution in [2.24, 2.45) is 0 Å². The van der Waals surface area contributed by atoms with Crippen LogP contribution in [0.2, 0.25) is 0 Å². The van der Waals surface area contributed by atoms with Gasteiger partial charge in [0.15, 0.2) is 5.65 Å². The Hall–Kier alpha value is -3.16. The van der Waals surface area contributed by atoms with E-state index in [9.17, 15) is 9.18 Å². The lowest BCUT2D eigenvalue weighted by Crippen LogP contribution is -2.39. The predicted molar refractivity (Wildman–Crippen MR) is 108 cm³/mol. The lowest BCUT2D eigenvalue weighted by atomic mass is 10.0. The molecule has 0 radical (unpaired) electrons. The van der Waals surface area contributed by atoms with E-state index in [1.54, 1.807) is 22.8 Å². The van der Waals surface area contributed by atoms with Gasteiger partial charge in [-0.3, -0.25) is 4.79 Å². The molecule has 1 amide bonds. The minimum absolute atomic E-state index is 0.0258. The highest BCUT2D eigenvalue weighted by Crippen LogP contribution is 2.54. The van der Waals surface area contributed by atoms with Gasteiger partial charge in [0.05, 0.1) is 17.8 Å². The van der Waals surface area contributed by atoms with Crippen molar-refractivity contribution < 1.29 is 13.9 Å². The molecule has 6 rings (SSSR count). The number of hydrogen-bond acceptors (Lipinski definition) is 5. The second-order valence-electron chi connectivity index (χ2n) is 8.45. The molecule has 1 aromatic carbocycles. The highest BCUT2D eigenvalue weighted by molar-refractivity contribution is 6.00. The molecule has 1 aliphatic carbocycles. The van der Waals surface area contributed by atoms with E-state index in [0.717, 1.165) is 37.1 Å². The molecule has 1 saturated carbocycles. The fraction of sp³-hybridized carbons (Fsp3) is 0.409. The summed E-state index contributed by atoms with van der Waals surface area (Å²) < 4.78 is 22.1. The first-order valence-electron chi connectivity index (χ1n) is 10.4. The number of amides is 1. The Morgan fingerprint density at radius 3 is 2.97 bits per heavy atom. The number of carbonyl (C=O) groups excluding carboxylic acids is 1. The Morgan fingerprint density at radius 2 is 2.13 bits per heavy atom. The number of aromatic nitrogens is 3. The standard InChI is InChI=1S/C22H22FN5O2/c1-26-19-6-10-28-20(25-19)16(12-24-28)21(29)27-9-2-3-15(27)13-30-18-5-4-14(23)11-17(18)22(26)7-8-22/h4-6,10-12,15H,2-3,7-9,13H2,1H3. The SMILES string of the molecule is CN1c2ccn3ncc(c3n2)C(=O)N2CCCC2COc2ccc(F)cc2C12CC2. The summed E-state index contributed by atoms with van der Waals surface area (Å²) in [6, 6.07) is 6.59. The van der Waals surface area contributed by atoms with E-state index in [4.69, 9.17) is 9.72 Å². The molecule has 2 aliphatic heterocycles. The number of ether oxygens (including phenoxy) is 1. The second-order valence-corrected chi connectivity index (χ2v) is 8.45. The Balaban J connectivity index is 1.56. The van der Waals surface area contributed by atoms with Crippen molar-refractivity contribution >= 4 is 17.4 Å². The molecule has 1 spiro atoms. The number of rotatable bonds is 0. The summed E-state index contributed by atoms with van der Waals surface area (Å²) in [5.41, 5.74) is 1.53. The van der Waals surface area contributed by atoms with Gasteiger partial charge >= 0.3 is 0 Å². The van der Waals surface area contributed by atoms with Crippen LogP contribution in [0.25, 0.3) is 5.65 Å². The number of nitrogens with zero attached hydrogens (tertiary/aromatic N) is 5. The molecule has 8 heteroatoms. The van der Waals surface area contributed by atoms with Gasteiger partial charge in [0.2, 0.25) is 0 Å². The van der Waals surface area contributed by atoms with E-state index in [2.05, 4.69) is 10.00 Å². The maximum absolute atomic E-state index is 14.2. The van der Waals surface area contributed by atoms with Crippen LogP contribution in [-0.4, -0.2) is 51.6 Å². The van der Waals surface area contributed by atoms with E-state index >= 15 is 0 Å². The summed E-state index contributed by atoms with van der Waals surface area (Å²) in [6.45, 7) is 1.07. The number of benzene rings is 1. The molecule has 30 heavy (non-hydrogen) atoms. The summed E-state index contributed by atoms with van der Waals surface area (Å²) in [5, 5.41) is 4.33. The van der Waals surface area contributed by atoms with Gasteiger partial charge in [-0.15, -0.1) is 0 Å². The largest absolute Gasteiger partial charge is 0.491 e. The van der Waals surface area contributed by atoms with Crippen molar-refractivity contribution in [1.82, 2.24) is 19.5 Å². The molecule has 1 saturated heterocycles. The van der Waals surface area contributed by atoms with Gasteiger partial charge in [0.1, 0.15) is 29.6 Å². The van der Waals surface area contributed by atoms with Gasteiger partial charge in [0, 0.05) is 25.4 Å². The first kappa shape index (κ1) is 17.7. The molecule has 3 aliphatic rings. The minimum Gasteiger partial charge on any atom is -0.491 e. The van der Waals surface area contributed by atoms with Crippen LogP contribution in [0.3, 0.4) is 0 Å². The molecule has 2 bridgehead atoms. The van der Waals surface area contributed by atoms with E-state index in [1.165, 1.54) is 6.07 Å². The first-order chi connectivity index (χ1) is 14.6. The maximum atomic E-state index is 14.2. The molecule has 4 heterocycles. The normalized spacial score (nSPS) is 22.3. The number of fused-ring (bicyclic) bond motifs is 4. The number of halogens is 1. The maximum Gasteiger partial charge on any atom is 0.259 e. The molecule has 0 N–H and O–H groups in total. The van der Waals surface area contributed by atoms with E-state index in [-0.39, 0.29) is 23.3 Å². The fourth-order valence-corrected chi connectivity index (χ4v) is 4.93. The smallest absolute Gasteiger partial charge is 0.259 e. The van der Waals surface area contributed by atoms with Crippen LogP contribution in [0, 0.1) is 5.82 Å². The average molecular weight is 407 g/mol. The quantitative estimate of drug-likeness (QED) is 0.573. The molecular weight excluding hydrogens is 385 g/mol. The highest BCUT2D eigenvalue weighted by Gasteiger charge is 2.51. The van der Waals surface area contributed by atoms with Crippen molar-refractivity contribution in [3.8, 4) is 5.75 Å². The number of hydrogen-bond donors (Lipinski definition) is 0. The van der Waals surface area contributed by atoms with Crippen LogP contribution < -0.4 is 9.64 Å². The highest BCUT2D eigenvalue weighted by atomic mass is 19.1. The van der Waals surface area contributed by atoms with Gasteiger partial charge in [-0.05, 0) is 49.9 Å². The van der Waals surface area contributed by atoms with Crippen molar-refractivity contribution in [2.45, 2.75) is 37.3 Å². The van der Waals surface area contributed by atoms with Crippen LogP contribution in [0.1, 0.15) is 41.6 Å². The number of anilines is 1. The zero-order valence-electron chi connectivity index (χ0n) is 16.7. The van der Waals surface area contributed by atoms with Crippen LogP contribution >= 0.6 is 0 Å². The van der Waals surface area contributed by atoms with Crippen LogP contribution in [0.4, 0.5) is 10.2 Å². The summed E-state index contributed by atoms with van der Waals surface area (Å²) in [7, 11) is 1.97. The molecule has 1 unspecified atom stereocenters. The minimum atomic E-state index is -0.365. The van der Waals surface area contributed by atoms with E-state index in [1.807, 2.05) is 24.2 Å². The molecule has 7 nitrogen and oxygen atoms in total. The Morgan fingerprint density at radius 1 is 1.27 bits per heavy atom. The van der Waals surface area contributed by atoms with Crippen molar-refractivity contribution in [1.29, 1.82) is 0 Å². The summed E-state index contributed by atoms with van der Waals surface area (Å²) in [5.74, 6) is 1.06. The van der Waals surface area contributed by atoms with Crippen molar-refractivity contribution in [3.05, 3.63) is 53.6 Å². The zero-order chi connectivity index (χ0) is 20.5. The van der Waals surface area contributed by atoms with Crippen molar-refractivity contribution in [2.75, 3.05) is 25.1 Å². The van der Waals surface area contributed by atoms with Crippen LogP contribution in [0.5, 0.6) is 5.75 Å². The average Bonchev–Trinajstić information content (AvgIpc) is 3.23. The van der Waals surface area contributed by atoms with Gasteiger partial charge < -0.3 is 14.5 Å². The van der Waals surface area contributed by atoms with Crippen LogP contribution in [0.15, 0.2) is 36.7 Å². The molecule has 2 fully saturated rings. The number of carbonyl (C=O) groups is 1. The van der Waals surface area contributed by atoms with Gasteiger partial charge in [0.25, 0.3) is 5.91 Å². The summed E-state index contributed by atoms with van der Waals surface area (Å²) >= 11 is 0.